The van der Waals surface area contributed by atoms with Crippen LogP contribution in [0.4, 0.5) is 34.5 Å². The van der Waals surface area contributed by atoms with Crippen LogP contribution in [0.3, 0.4) is 0 Å². The van der Waals surface area contributed by atoms with Crippen molar-refractivity contribution in [1.29, 1.82) is 0 Å². The molecule has 2 aromatic carbocycles. The summed E-state index contributed by atoms with van der Waals surface area (Å²) >= 11 is 6.03. The second-order valence-corrected chi connectivity index (χ2v) is 7.62. The molecule has 0 spiro atoms. The van der Waals surface area contributed by atoms with Gasteiger partial charge in [-0.05, 0) is 55.0 Å². The number of nitrogens with one attached hydrogen (secondary N) is 3. The highest BCUT2D eigenvalue weighted by Gasteiger charge is 2.15. The maximum atomic E-state index is 12.5. The highest BCUT2D eigenvalue weighted by Crippen LogP contribution is 2.24. The summed E-state index contributed by atoms with van der Waals surface area (Å²) in [7, 11) is 0. The number of nitro groups is 1. The number of non-ortho nitro benzene ring substituents is 1. The molecule has 0 radical (unpaired) electrons. The molecule has 0 aliphatic heterocycles. The fourth-order valence-corrected chi connectivity index (χ4v) is 3.28. The molecular weight excluding hydrogens is 458 g/mol. The molecule has 0 saturated heterocycles. The number of carbonyl (C=O) groups is 1. The Bertz CT molecular complexity index is 1360. The highest BCUT2D eigenvalue weighted by atomic mass is 35.5. The molecule has 2 heterocycles. The standard InChI is InChI=1S/C23H18ClN7O3/c1-14-8-9-25-20(10-14)30-22-12-21(26-13-27-22)28-15-2-4-16(5-3-15)29-23(32)18-7-6-17(31(33)34)11-19(18)24/h2-13H,1H3,(H,29,32)(H2,25,26,27,28,30). The van der Waals surface area contributed by atoms with Crippen LogP contribution in [-0.2, 0) is 0 Å². The molecule has 4 aromatic rings. The zero-order valence-electron chi connectivity index (χ0n) is 17.8. The van der Waals surface area contributed by atoms with Gasteiger partial charge in [0.15, 0.2) is 0 Å². The van der Waals surface area contributed by atoms with E-state index in [1.165, 1.54) is 18.5 Å². The van der Waals surface area contributed by atoms with E-state index in [-0.39, 0.29) is 16.3 Å². The first-order valence-corrected chi connectivity index (χ1v) is 10.4. The van der Waals surface area contributed by atoms with Crippen LogP contribution in [0.15, 0.2) is 73.2 Å². The van der Waals surface area contributed by atoms with Gasteiger partial charge in [0.05, 0.1) is 15.5 Å². The molecule has 34 heavy (non-hydrogen) atoms. The molecule has 3 N–H and O–H groups in total. The van der Waals surface area contributed by atoms with Crippen molar-refractivity contribution in [2.45, 2.75) is 6.92 Å². The third kappa shape index (κ3) is 5.61. The molecular formula is C23H18ClN7O3. The smallest absolute Gasteiger partial charge is 0.270 e. The van der Waals surface area contributed by atoms with Crippen LogP contribution in [-0.4, -0.2) is 25.8 Å². The summed E-state index contributed by atoms with van der Waals surface area (Å²) in [6.45, 7) is 1.98. The van der Waals surface area contributed by atoms with Gasteiger partial charge in [-0.1, -0.05) is 11.6 Å². The normalized spacial score (nSPS) is 10.4. The van der Waals surface area contributed by atoms with Gasteiger partial charge in [-0.25, -0.2) is 15.0 Å². The first-order chi connectivity index (χ1) is 16.4. The van der Waals surface area contributed by atoms with Crippen molar-refractivity contribution in [1.82, 2.24) is 15.0 Å². The Kier molecular flexibility index (Phi) is 6.60. The van der Waals surface area contributed by atoms with Gasteiger partial charge in [-0.15, -0.1) is 0 Å². The SMILES string of the molecule is Cc1ccnc(Nc2cc(Nc3ccc(NC(=O)c4ccc([N+](=O)[O-])cc4Cl)cc3)ncn2)c1. The van der Waals surface area contributed by atoms with E-state index in [4.69, 9.17) is 11.6 Å². The number of halogens is 1. The maximum absolute atomic E-state index is 12.5. The monoisotopic (exact) mass is 475 g/mol. The molecule has 4 rings (SSSR count). The highest BCUT2D eigenvalue weighted by molar-refractivity contribution is 6.34. The van der Waals surface area contributed by atoms with Crippen LogP contribution in [0.2, 0.25) is 5.02 Å². The average molecular weight is 476 g/mol. The molecule has 0 saturated carbocycles. The Morgan fingerprint density at radius 3 is 2.24 bits per heavy atom. The lowest BCUT2D eigenvalue weighted by atomic mass is 10.2. The molecule has 0 aliphatic carbocycles. The summed E-state index contributed by atoms with van der Waals surface area (Å²) in [5, 5.41) is 19.8. The van der Waals surface area contributed by atoms with E-state index in [0.29, 0.717) is 23.1 Å². The molecule has 2 aromatic heterocycles. The molecule has 0 atom stereocenters. The Labute approximate surface area is 199 Å². The summed E-state index contributed by atoms with van der Waals surface area (Å²) in [5.41, 5.74) is 2.30. The molecule has 10 nitrogen and oxygen atoms in total. The number of pyridine rings is 1. The minimum atomic E-state index is -0.574. The van der Waals surface area contributed by atoms with E-state index >= 15 is 0 Å². The van der Waals surface area contributed by atoms with Crippen molar-refractivity contribution >= 4 is 52.0 Å². The number of carbonyl (C=O) groups excluding carboxylic acids is 1. The van der Waals surface area contributed by atoms with Crippen LogP contribution >= 0.6 is 11.6 Å². The quantitative estimate of drug-likeness (QED) is 0.236. The van der Waals surface area contributed by atoms with Crippen LogP contribution < -0.4 is 16.0 Å². The van der Waals surface area contributed by atoms with Crippen LogP contribution in [0.25, 0.3) is 0 Å². The van der Waals surface area contributed by atoms with Gasteiger partial charge in [0.2, 0.25) is 0 Å². The van der Waals surface area contributed by atoms with Crippen LogP contribution in [0, 0.1) is 17.0 Å². The number of benzene rings is 2. The number of rotatable bonds is 7. The summed E-state index contributed by atoms with van der Waals surface area (Å²) < 4.78 is 0. The summed E-state index contributed by atoms with van der Waals surface area (Å²) in [6.07, 6.45) is 3.15. The zero-order valence-corrected chi connectivity index (χ0v) is 18.6. The van der Waals surface area contributed by atoms with Gasteiger partial charge in [0.1, 0.15) is 23.8 Å². The molecule has 11 heteroatoms. The van der Waals surface area contributed by atoms with Crippen molar-refractivity contribution < 1.29 is 9.72 Å². The summed E-state index contributed by atoms with van der Waals surface area (Å²) in [5.74, 6) is 1.36. The first-order valence-electron chi connectivity index (χ1n) is 10.0. The fraction of sp³-hybridized carbons (Fsp3) is 0.0435. The second-order valence-electron chi connectivity index (χ2n) is 7.21. The van der Waals surface area contributed by atoms with Gasteiger partial charge in [0.25, 0.3) is 11.6 Å². The molecule has 0 aliphatic rings. The minimum absolute atomic E-state index is 0.000903. The number of amides is 1. The van der Waals surface area contributed by atoms with E-state index < -0.39 is 10.8 Å². The predicted molar refractivity (Wildman–Crippen MR) is 130 cm³/mol. The number of nitro benzene ring substituents is 1. The van der Waals surface area contributed by atoms with Crippen molar-refractivity contribution in [3.05, 3.63) is 99.5 Å². The third-order valence-corrected chi connectivity index (χ3v) is 4.97. The van der Waals surface area contributed by atoms with Crippen LogP contribution in [0.1, 0.15) is 15.9 Å². The van der Waals surface area contributed by atoms with E-state index in [2.05, 4.69) is 30.9 Å². The third-order valence-electron chi connectivity index (χ3n) is 4.66. The Morgan fingerprint density at radius 1 is 0.882 bits per heavy atom. The maximum Gasteiger partial charge on any atom is 0.270 e. The predicted octanol–water partition coefficient (Wildman–Crippen LogP) is 5.48. The number of hydrogen-bond acceptors (Lipinski definition) is 8. The second kappa shape index (κ2) is 9.92. The van der Waals surface area contributed by atoms with Gasteiger partial charge < -0.3 is 16.0 Å². The van der Waals surface area contributed by atoms with Crippen LogP contribution in [0.5, 0.6) is 0 Å². The van der Waals surface area contributed by atoms with E-state index in [1.54, 1.807) is 36.5 Å². The first kappa shape index (κ1) is 22.6. The molecule has 0 bridgehead atoms. The fourth-order valence-electron chi connectivity index (χ4n) is 3.01. The Balaban J connectivity index is 1.40. The number of anilines is 5. The van der Waals surface area contributed by atoms with Crippen molar-refractivity contribution in [3.63, 3.8) is 0 Å². The molecule has 0 unspecified atom stereocenters. The largest absolute Gasteiger partial charge is 0.340 e. The van der Waals surface area contributed by atoms with Gasteiger partial charge in [-0.2, -0.15) is 0 Å². The number of aromatic nitrogens is 3. The van der Waals surface area contributed by atoms with Gasteiger partial charge in [0, 0.05) is 35.8 Å². The van der Waals surface area contributed by atoms with Gasteiger partial charge >= 0.3 is 0 Å². The number of aryl methyl sites for hydroxylation is 1. The lowest BCUT2D eigenvalue weighted by molar-refractivity contribution is -0.384. The minimum Gasteiger partial charge on any atom is -0.340 e. The summed E-state index contributed by atoms with van der Waals surface area (Å²) in [6, 6.07) is 16.2. The van der Waals surface area contributed by atoms with Crippen molar-refractivity contribution in [2.24, 2.45) is 0 Å². The Hall–Kier alpha value is -4.57. The van der Waals surface area contributed by atoms with Crippen molar-refractivity contribution in [2.75, 3.05) is 16.0 Å². The molecule has 0 fully saturated rings. The van der Waals surface area contributed by atoms with Gasteiger partial charge in [-0.3, -0.25) is 14.9 Å². The lowest BCUT2D eigenvalue weighted by Gasteiger charge is -2.10. The average Bonchev–Trinajstić information content (AvgIpc) is 2.80. The van der Waals surface area contributed by atoms with E-state index in [0.717, 1.165) is 17.3 Å². The zero-order chi connectivity index (χ0) is 24.1. The van der Waals surface area contributed by atoms with E-state index in [9.17, 15) is 14.9 Å². The number of hydrogen-bond donors (Lipinski definition) is 3. The van der Waals surface area contributed by atoms with E-state index in [1.807, 2.05) is 19.1 Å². The van der Waals surface area contributed by atoms with Crippen molar-refractivity contribution in [3.8, 4) is 0 Å². The molecule has 170 valence electrons. The lowest BCUT2D eigenvalue weighted by Crippen LogP contribution is -2.12. The number of nitrogens with zero attached hydrogens (tertiary/aromatic N) is 4. The Morgan fingerprint density at radius 2 is 1.56 bits per heavy atom. The summed E-state index contributed by atoms with van der Waals surface area (Å²) in [4.78, 5) is 35.4. The topological polar surface area (TPSA) is 135 Å². The molecule has 1 amide bonds.